The number of ether oxygens (including phenoxy) is 2. The molecule has 0 aliphatic carbocycles. The molecule has 1 aromatic carbocycles. The Balaban J connectivity index is 2.01. The van der Waals surface area contributed by atoms with Gasteiger partial charge in [-0.2, -0.15) is 4.98 Å². The predicted molar refractivity (Wildman–Crippen MR) is 118 cm³/mol. The van der Waals surface area contributed by atoms with Gasteiger partial charge < -0.3 is 19.3 Å². The number of carbonyl (C=O) groups is 1. The summed E-state index contributed by atoms with van der Waals surface area (Å²) in [5, 5.41) is 0.435. The molecule has 1 saturated heterocycles. The fourth-order valence-corrected chi connectivity index (χ4v) is 4.13. The van der Waals surface area contributed by atoms with Crippen LogP contribution in [0.4, 0.5) is 15.0 Å². The quantitative estimate of drug-likeness (QED) is 0.536. The van der Waals surface area contributed by atoms with Crippen molar-refractivity contribution >= 4 is 50.3 Å². The van der Waals surface area contributed by atoms with E-state index in [9.17, 15) is 9.18 Å². The van der Waals surface area contributed by atoms with E-state index >= 15 is 0 Å². The number of amides is 1. The van der Waals surface area contributed by atoms with E-state index in [4.69, 9.17) is 21.1 Å². The lowest BCUT2D eigenvalue weighted by Crippen LogP contribution is -2.59. The predicted octanol–water partition coefficient (Wildman–Crippen LogP) is 5.03. The molecule has 0 spiro atoms. The highest BCUT2D eigenvalue weighted by atomic mass is 79.9. The molecule has 7 nitrogen and oxygen atoms in total. The molecule has 3 rings (SSSR count). The van der Waals surface area contributed by atoms with Crippen LogP contribution in [0.15, 0.2) is 10.5 Å². The van der Waals surface area contributed by atoms with Gasteiger partial charge in [-0.15, -0.1) is 0 Å². The Morgan fingerprint density at radius 1 is 1.27 bits per heavy atom. The summed E-state index contributed by atoms with van der Waals surface area (Å²) in [6.45, 7) is 10.3. The normalized spacial score (nSPS) is 19.9. The summed E-state index contributed by atoms with van der Waals surface area (Å²) in [7, 11) is 1.46. The van der Waals surface area contributed by atoms with Gasteiger partial charge in [-0.1, -0.05) is 0 Å². The second-order valence-corrected chi connectivity index (χ2v) is 9.53. The molecule has 164 valence electrons. The molecular formula is C20H25BrClFN4O3. The van der Waals surface area contributed by atoms with Gasteiger partial charge in [-0.3, -0.25) is 0 Å². The fraction of sp³-hybridized carbons (Fsp3) is 0.550. The molecule has 30 heavy (non-hydrogen) atoms. The molecule has 10 heteroatoms. The van der Waals surface area contributed by atoms with Gasteiger partial charge in [0.15, 0.2) is 5.82 Å². The molecule has 0 radical (unpaired) electrons. The molecule has 1 aromatic heterocycles. The van der Waals surface area contributed by atoms with Crippen LogP contribution in [-0.4, -0.2) is 58.8 Å². The minimum atomic E-state index is -0.574. The first-order valence-corrected chi connectivity index (χ1v) is 10.8. The largest absolute Gasteiger partial charge is 0.495 e. The Hall–Kier alpha value is -1.87. The van der Waals surface area contributed by atoms with E-state index < -0.39 is 11.4 Å². The SMILES string of the molecule is COc1cc2c(N3C[C@H](C)N(C(=O)OC(C)(C)C)CC3C)nc(Cl)nc2c(F)c1Br. The first kappa shape index (κ1) is 22.8. The molecule has 1 fully saturated rings. The van der Waals surface area contributed by atoms with Gasteiger partial charge in [0, 0.05) is 30.6 Å². The number of methoxy groups -OCH3 is 1. The first-order valence-electron chi connectivity index (χ1n) is 9.58. The van der Waals surface area contributed by atoms with Crippen LogP contribution in [0.1, 0.15) is 34.6 Å². The van der Waals surface area contributed by atoms with Crippen molar-refractivity contribution in [3.63, 3.8) is 0 Å². The molecule has 1 aliphatic rings. The molecular weight excluding hydrogens is 479 g/mol. The van der Waals surface area contributed by atoms with Gasteiger partial charge in [0.2, 0.25) is 5.28 Å². The summed E-state index contributed by atoms with van der Waals surface area (Å²) < 4.78 is 25.9. The number of carbonyl (C=O) groups excluding carboxylic acids is 1. The third kappa shape index (κ3) is 4.42. The average Bonchev–Trinajstić information content (AvgIpc) is 2.64. The topological polar surface area (TPSA) is 67.8 Å². The average molecular weight is 504 g/mol. The minimum Gasteiger partial charge on any atom is -0.495 e. The molecule has 2 heterocycles. The standard InChI is InChI=1S/C20H25BrClFN4O3/c1-10-9-27(19(28)30-20(3,4)5)11(2)8-26(10)17-12-7-13(29-6)14(21)15(23)16(12)24-18(22)25-17/h7,10-11H,8-9H2,1-6H3/t10?,11-/m0/s1. The zero-order chi connectivity index (χ0) is 22.4. The zero-order valence-corrected chi connectivity index (χ0v) is 20.1. The van der Waals surface area contributed by atoms with Crippen LogP contribution in [0.2, 0.25) is 5.28 Å². The highest BCUT2D eigenvalue weighted by molar-refractivity contribution is 9.10. The van der Waals surface area contributed by atoms with Crippen LogP contribution in [-0.2, 0) is 4.74 Å². The number of hydrogen-bond donors (Lipinski definition) is 0. The Kier molecular flexibility index (Phi) is 6.34. The Morgan fingerprint density at radius 2 is 1.93 bits per heavy atom. The molecule has 0 bridgehead atoms. The summed E-state index contributed by atoms with van der Waals surface area (Å²) >= 11 is 9.33. The highest BCUT2D eigenvalue weighted by Gasteiger charge is 2.36. The second-order valence-electron chi connectivity index (χ2n) is 8.40. The van der Waals surface area contributed by atoms with Crippen molar-refractivity contribution in [2.24, 2.45) is 0 Å². The number of halogens is 3. The van der Waals surface area contributed by atoms with Crippen LogP contribution in [0.5, 0.6) is 5.75 Å². The van der Waals surface area contributed by atoms with Gasteiger partial charge in [0.25, 0.3) is 0 Å². The van der Waals surface area contributed by atoms with Crippen molar-refractivity contribution in [3.8, 4) is 5.75 Å². The maximum Gasteiger partial charge on any atom is 0.410 e. The van der Waals surface area contributed by atoms with Gasteiger partial charge in [-0.25, -0.2) is 14.2 Å². The van der Waals surface area contributed by atoms with Gasteiger partial charge >= 0.3 is 6.09 Å². The van der Waals surface area contributed by atoms with Crippen LogP contribution in [0.25, 0.3) is 10.9 Å². The molecule has 2 atom stereocenters. The fourth-order valence-electron chi connectivity index (χ4n) is 3.50. The van der Waals surface area contributed by atoms with Crippen LogP contribution >= 0.6 is 27.5 Å². The summed E-state index contributed by atoms with van der Waals surface area (Å²) in [5.41, 5.74) is -0.471. The van der Waals surface area contributed by atoms with E-state index in [1.807, 2.05) is 39.5 Å². The maximum atomic E-state index is 14.9. The molecule has 1 aliphatic heterocycles. The number of rotatable bonds is 2. The Bertz CT molecular complexity index is 985. The maximum absolute atomic E-state index is 14.9. The number of nitrogens with zero attached hydrogens (tertiary/aromatic N) is 4. The van der Waals surface area contributed by atoms with Gasteiger partial charge in [-0.05, 0) is 68.2 Å². The second kappa shape index (κ2) is 8.34. The number of benzene rings is 1. The Labute approximate surface area is 188 Å². The van der Waals surface area contributed by atoms with Gasteiger partial charge in [0.1, 0.15) is 22.7 Å². The minimum absolute atomic E-state index is 0.0529. The van der Waals surface area contributed by atoms with Crippen molar-refractivity contribution in [2.45, 2.75) is 52.3 Å². The number of anilines is 1. The zero-order valence-electron chi connectivity index (χ0n) is 17.8. The molecule has 0 saturated carbocycles. The van der Waals surface area contributed by atoms with Crippen molar-refractivity contribution < 1.29 is 18.7 Å². The molecule has 1 amide bonds. The summed E-state index contributed by atoms with van der Waals surface area (Å²) in [6, 6.07) is 1.42. The Morgan fingerprint density at radius 3 is 2.53 bits per heavy atom. The highest BCUT2D eigenvalue weighted by Crippen LogP contribution is 2.38. The monoisotopic (exact) mass is 502 g/mol. The molecule has 0 N–H and O–H groups in total. The van der Waals surface area contributed by atoms with Crippen molar-refractivity contribution in [2.75, 3.05) is 25.1 Å². The van der Waals surface area contributed by atoms with Crippen molar-refractivity contribution in [3.05, 3.63) is 21.6 Å². The summed E-state index contributed by atoms with van der Waals surface area (Å²) in [6.07, 6.45) is -0.358. The first-order chi connectivity index (χ1) is 13.9. The number of fused-ring (bicyclic) bond motifs is 1. The number of aromatic nitrogens is 2. The van der Waals surface area contributed by atoms with Crippen molar-refractivity contribution in [1.82, 2.24) is 14.9 Å². The lowest BCUT2D eigenvalue weighted by molar-refractivity contribution is 0.0130. The van der Waals surface area contributed by atoms with E-state index in [2.05, 4.69) is 25.9 Å². The lowest BCUT2D eigenvalue weighted by Gasteiger charge is -2.44. The van der Waals surface area contributed by atoms with Crippen LogP contribution in [0.3, 0.4) is 0 Å². The molecule has 1 unspecified atom stereocenters. The third-order valence-electron chi connectivity index (χ3n) is 4.90. The number of hydrogen-bond acceptors (Lipinski definition) is 6. The van der Waals surface area contributed by atoms with E-state index in [1.54, 1.807) is 11.0 Å². The van der Waals surface area contributed by atoms with E-state index in [1.165, 1.54) is 7.11 Å². The lowest BCUT2D eigenvalue weighted by atomic mass is 10.1. The van der Waals surface area contributed by atoms with Crippen LogP contribution < -0.4 is 9.64 Å². The van der Waals surface area contributed by atoms with E-state index in [0.717, 1.165) is 0 Å². The van der Waals surface area contributed by atoms with Gasteiger partial charge in [0.05, 0.1) is 11.6 Å². The smallest absolute Gasteiger partial charge is 0.410 e. The van der Waals surface area contributed by atoms with E-state index in [-0.39, 0.29) is 33.4 Å². The third-order valence-corrected chi connectivity index (χ3v) is 5.80. The summed E-state index contributed by atoms with van der Waals surface area (Å²) in [4.78, 5) is 24.8. The van der Waals surface area contributed by atoms with Crippen LogP contribution in [0, 0.1) is 5.82 Å². The summed E-state index contributed by atoms with van der Waals surface area (Å²) in [5.74, 6) is 0.265. The molecule has 2 aromatic rings. The van der Waals surface area contributed by atoms with E-state index in [0.29, 0.717) is 30.0 Å². The number of piperazine rings is 1. The van der Waals surface area contributed by atoms with Crippen molar-refractivity contribution in [1.29, 1.82) is 0 Å².